The summed E-state index contributed by atoms with van der Waals surface area (Å²) in [4.78, 5) is 11.2. The van der Waals surface area contributed by atoms with Gasteiger partial charge in [0, 0.05) is 0 Å². The van der Waals surface area contributed by atoms with Crippen LogP contribution in [-0.4, -0.2) is 22.0 Å². The van der Waals surface area contributed by atoms with E-state index in [9.17, 15) is 18.0 Å². The Morgan fingerprint density at radius 2 is 2.21 bits per heavy atom. The highest BCUT2D eigenvalue weighted by molar-refractivity contribution is 6.00. The highest BCUT2D eigenvalue weighted by Gasteiger charge is 2.37. The van der Waals surface area contributed by atoms with Gasteiger partial charge in [-0.25, -0.2) is 0 Å². The zero-order valence-corrected chi connectivity index (χ0v) is 7.22. The fourth-order valence-corrected chi connectivity index (χ4v) is 0.934. The van der Waals surface area contributed by atoms with Crippen molar-refractivity contribution in [1.29, 1.82) is 0 Å². The Balaban J connectivity index is 3.12. The van der Waals surface area contributed by atoms with E-state index in [0.29, 0.717) is 0 Å². The summed E-state index contributed by atoms with van der Waals surface area (Å²) >= 11 is 0. The third kappa shape index (κ3) is 1.92. The molecule has 1 aromatic heterocycles. The molecule has 0 fully saturated rings. The smallest absolute Gasteiger partial charge is 0.321 e. The van der Waals surface area contributed by atoms with Gasteiger partial charge in [0.25, 0.3) is 0 Å². The van der Waals surface area contributed by atoms with E-state index in [2.05, 4.69) is 5.10 Å². The summed E-state index contributed by atoms with van der Waals surface area (Å²) in [5.41, 5.74) is 3.51. The van der Waals surface area contributed by atoms with E-state index in [4.69, 9.17) is 5.73 Å². The summed E-state index contributed by atoms with van der Waals surface area (Å²) < 4.78 is 36.7. The number of carbonyl (C=O) groups excluding carboxylic acids is 1. The first-order valence-electron chi connectivity index (χ1n) is 3.74. The maximum absolute atomic E-state index is 12.2. The number of hydrogen-bond donors (Lipinski definition) is 2. The molecule has 0 aliphatic heterocycles. The van der Waals surface area contributed by atoms with Gasteiger partial charge in [0.1, 0.15) is 5.69 Å². The number of hydrogen-bond acceptors (Lipinski definition) is 3. The van der Waals surface area contributed by atoms with Gasteiger partial charge in [0.2, 0.25) is 0 Å². The van der Waals surface area contributed by atoms with Crippen LogP contribution in [0.2, 0.25) is 0 Å². The Hall–Kier alpha value is -1.37. The molecule has 0 amide bonds. The lowest BCUT2D eigenvalue weighted by atomic mass is 10.1. The maximum atomic E-state index is 12.2. The molecule has 1 rings (SSSR count). The van der Waals surface area contributed by atoms with Gasteiger partial charge < -0.3 is 5.73 Å². The second-order valence-corrected chi connectivity index (χ2v) is 2.81. The summed E-state index contributed by atoms with van der Waals surface area (Å²) in [5, 5.41) is 4.90. The Bertz CT molecular complexity index is 342. The molecule has 78 valence electrons. The summed E-state index contributed by atoms with van der Waals surface area (Å²) in [7, 11) is 0. The van der Waals surface area contributed by atoms with Crippen molar-refractivity contribution in [2.75, 3.05) is 0 Å². The van der Waals surface area contributed by atoms with Gasteiger partial charge in [-0.3, -0.25) is 9.89 Å². The number of rotatable bonds is 2. The van der Waals surface area contributed by atoms with E-state index in [1.807, 2.05) is 0 Å². The third-order valence-electron chi connectivity index (χ3n) is 1.60. The number of halogens is 3. The van der Waals surface area contributed by atoms with Crippen molar-refractivity contribution in [1.82, 2.24) is 10.2 Å². The van der Waals surface area contributed by atoms with Crippen molar-refractivity contribution in [3.8, 4) is 0 Å². The molecule has 1 heterocycles. The molecule has 0 bridgehead atoms. The van der Waals surface area contributed by atoms with Crippen molar-refractivity contribution >= 4 is 5.78 Å². The van der Waals surface area contributed by atoms with Gasteiger partial charge >= 0.3 is 6.18 Å². The Labute approximate surface area is 77.3 Å². The summed E-state index contributed by atoms with van der Waals surface area (Å²) in [6, 6.07) is -0.978. The zero-order chi connectivity index (χ0) is 10.9. The first-order chi connectivity index (χ1) is 6.34. The van der Waals surface area contributed by atoms with Crippen molar-refractivity contribution in [3.63, 3.8) is 0 Å². The monoisotopic (exact) mass is 207 g/mol. The van der Waals surface area contributed by atoms with Crippen LogP contribution in [0.4, 0.5) is 13.2 Å². The van der Waals surface area contributed by atoms with Gasteiger partial charge in [-0.05, 0) is 6.92 Å². The van der Waals surface area contributed by atoms with E-state index < -0.39 is 29.3 Å². The van der Waals surface area contributed by atoms with Crippen LogP contribution in [0.15, 0.2) is 6.20 Å². The molecule has 3 N–H and O–H groups in total. The quantitative estimate of drug-likeness (QED) is 0.709. The van der Waals surface area contributed by atoms with Crippen LogP contribution in [0.3, 0.4) is 0 Å². The van der Waals surface area contributed by atoms with Crippen molar-refractivity contribution in [2.45, 2.75) is 19.1 Å². The zero-order valence-electron chi connectivity index (χ0n) is 7.22. The molecule has 7 heteroatoms. The number of nitrogens with zero attached hydrogens (tertiary/aromatic N) is 1. The number of H-pyrrole nitrogens is 1. The van der Waals surface area contributed by atoms with Crippen LogP contribution in [0.5, 0.6) is 0 Å². The standard InChI is InChI=1S/C7H8F3N3O/c1-3(11)5(14)4-2-12-13-6(4)7(8,9)10/h2-3H,11H2,1H3,(H,12,13). The molecule has 0 saturated heterocycles. The fraction of sp³-hybridized carbons (Fsp3) is 0.429. The summed E-state index contributed by atoms with van der Waals surface area (Å²) in [5.74, 6) is -0.786. The van der Waals surface area contributed by atoms with Crippen LogP contribution in [0, 0.1) is 0 Å². The van der Waals surface area contributed by atoms with E-state index in [1.165, 1.54) is 6.92 Å². The van der Waals surface area contributed by atoms with Crippen LogP contribution in [-0.2, 0) is 6.18 Å². The summed E-state index contributed by atoms with van der Waals surface area (Å²) in [6.07, 6.45) is -3.79. The van der Waals surface area contributed by atoms with Crippen LogP contribution in [0.25, 0.3) is 0 Å². The molecule has 1 atom stereocenters. The largest absolute Gasteiger partial charge is 0.433 e. The maximum Gasteiger partial charge on any atom is 0.433 e. The average molecular weight is 207 g/mol. The molecule has 0 aliphatic rings. The lowest BCUT2D eigenvalue weighted by Crippen LogP contribution is -2.28. The number of alkyl halides is 3. The van der Waals surface area contributed by atoms with Crippen molar-refractivity contribution < 1.29 is 18.0 Å². The highest BCUT2D eigenvalue weighted by Crippen LogP contribution is 2.30. The number of Topliss-reactive ketones (excluding diaryl/α,β-unsaturated/α-hetero) is 1. The molecule has 1 aromatic rings. The van der Waals surface area contributed by atoms with Crippen LogP contribution >= 0.6 is 0 Å². The van der Waals surface area contributed by atoms with Crippen LogP contribution < -0.4 is 5.73 Å². The predicted molar refractivity (Wildman–Crippen MR) is 41.6 cm³/mol. The fourth-order valence-electron chi connectivity index (χ4n) is 0.934. The van der Waals surface area contributed by atoms with E-state index in [1.54, 1.807) is 5.10 Å². The molecule has 0 saturated carbocycles. The minimum absolute atomic E-state index is 0.521. The molecule has 0 spiro atoms. The number of aromatic amines is 1. The first kappa shape index (κ1) is 10.7. The van der Waals surface area contributed by atoms with Gasteiger partial charge in [-0.2, -0.15) is 18.3 Å². The number of nitrogens with one attached hydrogen (secondary N) is 1. The minimum Gasteiger partial charge on any atom is -0.321 e. The van der Waals surface area contributed by atoms with Gasteiger partial charge in [-0.15, -0.1) is 0 Å². The van der Waals surface area contributed by atoms with Crippen LogP contribution in [0.1, 0.15) is 23.0 Å². The van der Waals surface area contributed by atoms with Gasteiger partial charge in [0.15, 0.2) is 5.78 Å². The van der Waals surface area contributed by atoms with Crippen molar-refractivity contribution in [3.05, 3.63) is 17.5 Å². The second kappa shape index (κ2) is 3.41. The summed E-state index contributed by atoms with van der Waals surface area (Å²) in [6.45, 7) is 1.31. The number of nitrogens with two attached hydrogens (primary N) is 1. The lowest BCUT2D eigenvalue weighted by Gasteiger charge is -2.07. The predicted octanol–water partition coefficient (Wildman–Crippen LogP) is 0.958. The molecular weight excluding hydrogens is 199 g/mol. The average Bonchev–Trinajstić information content (AvgIpc) is 2.48. The molecule has 4 nitrogen and oxygen atoms in total. The first-order valence-corrected chi connectivity index (χ1v) is 3.74. The second-order valence-electron chi connectivity index (χ2n) is 2.81. The van der Waals surface area contributed by atoms with E-state index in [-0.39, 0.29) is 0 Å². The Kier molecular flexibility index (Phi) is 2.61. The number of ketones is 1. The number of carbonyl (C=O) groups is 1. The highest BCUT2D eigenvalue weighted by atomic mass is 19.4. The molecule has 14 heavy (non-hydrogen) atoms. The molecular formula is C7H8F3N3O. The van der Waals surface area contributed by atoms with Crippen molar-refractivity contribution in [2.24, 2.45) is 5.73 Å². The molecule has 0 radical (unpaired) electrons. The van der Waals surface area contributed by atoms with Gasteiger partial charge in [-0.1, -0.05) is 0 Å². The SMILES string of the molecule is CC(N)C(=O)c1cn[nH]c1C(F)(F)F. The Morgan fingerprint density at radius 3 is 2.64 bits per heavy atom. The molecule has 0 aliphatic carbocycles. The topological polar surface area (TPSA) is 71.8 Å². The third-order valence-corrected chi connectivity index (χ3v) is 1.60. The molecule has 0 aromatic carbocycles. The lowest BCUT2D eigenvalue weighted by molar-refractivity contribution is -0.141. The molecule has 1 unspecified atom stereocenters. The van der Waals surface area contributed by atoms with E-state index >= 15 is 0 Å². The van der Waals surface area contributed by atoms with Gasteiger partial charge in [0.05, 0.1) is 17.8 Å². The number of aromatic nitrogens is 2. The Morgan fingerprint density at radius 1 is 1.64 bits per heavy atom. The van der Waals surface area contributed by atoms with E-state index in [0.717, 1.165) is 6.20 Å². The minimum atomic E-state index is -4.61. The normalized spacial score (nSPS) is 14.1.